The van der Waals surface area contributed by atoms with E-state index in [0.717, 1.165) is 48.0 Å². The van der Waals surface area contributed by atoms with Gasteiger partial charge < -0.3 is 10.2 Å². The fourth-order valence-corrected chi connectivity index (χ4v) is 4.70. The summed E-state index contributed by atoms with van der Waals surface area (Å²) in [5.41, 5.74) is 2.95. The molecule has 25 heavy (non-hydrogen) atoms. The molecule has 4 nitrogen and oxygen atoms in total. The number of anilines is 2. The average molecular weight is 356 g/mol. The van der Waals surface area contributed by atoms with Gasteiger partial charge in [-0.1, -0.05) is 31.4 Å². The van der Waals surface area contributed by atoms with Crippen LogP contribution in [0.4, 0.5) is 10.8 Å². The van der Waals surface area contributed by atoms with Crippen LogP contribution in [0.5, 0.6) is 0 Å². The van der Waals surface area contributed by atoms with Crippen LogP contribution in [0.25, 0.3) is 11.3 Å². The van der Waals surface area contributed by atoms with Gasteiger partial charge in [0.15, 0.2) is 5.13 Å². The molecule has 4 rings (SSSR count). The van der Waals surface area contributed by atoms with Gasteiger partial charge in [0.1, 0.15) is 0 Å². The van der Waals surface area contributed by atoms with Crippen molar-refractivity contribution in [2.24, 2.45) is 5.92 Å². The molecule has 0 unspecified atom stereocenters. The number of nitrogens with zero attached hydrogens (tertiary/aromatic N) is 2. The first-order chi connectivity index (χ1) is 12.3. The first-order valence-electron chi connectivity index (χ1n) is 9.41. The zero-order valence-corrected chi connectivity index (χ0v) is 15.4. The van der Waals surface area contributed by atoms with Crippen LogP contribution >= 0.6 is 11.3 Å². The highest BCUT2D eigenvalue weighted by Gasteiger charge is 2.21. The van der Waals surface area contributed by atoms with Gasteiger partial charge in [0.2, 0.25) is 5.91 Å². The molecular formula is C20H25N3OS. The van der Waals surface area contributed by atoms with Crippen molar-refractivity contribution in [2.45, 2.75) is 44.9 Å². The van der Waals surface area contributed by atoms with Crippen molar-refractivity contribution in [3.63, 3.8) is 0 Å². The third kappa shape index (κ3) is 3.87. The van der Waals surface area contributed by atoms with Gasteiger partial charge in [-0.3, -0.25) is 4.79 Å². The maximum Gasteiger partial charge on any atom is 0.227 e. The van der Waals surface area contributed by atoms with E-state index in [1.54, 1.807) is 11.3 Å². The smallest absolute Gasteiger partial charge is 0.227 e. The molecule has 1 N–H and O–H groups in total. The number of nitrogens with one attached hydrogen (secondary N) is 1. The Morgan fingerprint density at radius 2 is 1.92 bits per heavy atom. The van der Waals surface area contributed by atoms with Gasteiger partial charge in [-0.15, -0.1) is 11.3 Å². The van der Waals surface area contributed by atoms with Gasteiger partial charge >= 0.3 is 0 Å². The van der Waals surface area contributed by atoms with E-state index in [-0.39, 0.29) is 11.8 Å². The van der Waals surface area contributed by atoms with Gasteiger partial charge in [0.25, 0.3) is 0 Å². The van der Waals surface area contributed by atoms with Crippen molar-refractivity contribution in [3.05, 3.63) is 29.6 Å². The molecular weight excluding hydrogens is 330 g/mol. The number of hydrogen-bond acceptors (Lipinski definition) is 4. The lowest BCUT2D eigenvalue weighted by Crippen LogP contribution is -2.24. The van der Waals surface area contributed by atoms with E-state index in [2.05, 4.69) is 21.7 Å². The number of carbonyl (C=O) groups excluding carboxylic acids is 1. The van der Waals surface area contributed by atoms with Crippen molar-refractivity contribution >= 4 is 28.1 Å². The lowest BCUT2D eigenvalue weighted by Gasteiger charge is -2.20. The molecule has 1 aliphatic carbocycles. The Kier molecular flexibility index (Phi) is 5.02. The minimum Gasteiger partial charge on any atom is -0.348 e. The highest BCUT2D eigenvalue weighted by molar-refractivity contribution is 7.14. The largest absolute Gasteiger partial charge is 0.348 e. The van der Waals surface area contributed by atoms with Gasteiger partial charge in [-0.2, -0.15) is 0 Å². The predicted octanol–water partition coefficient (Wildman–Crippen LogP) is 4.93. The van der Waals surface area contributed by atoms with Crippen molar-refractivity contribution < 1.29 is 4.79 Å². The first-order valence-corrected chi connectivity index (χ1v) is 10.3. The summed E-state index contributed by atoms with van der Waals surface area (Å²) in [5.74, 6) is 0.353. The zero-order chi connectivity index (χ0) is 17.1. The molecule has 2 heterocycles. The highest BCUT2D eigenvalue weighted by atomic mass is 32.1. The molecule has 0 radical (unpaired) electrons. The normalized spacial score (nSPS) is 18.5. The van der Waals surface area contributed by atoms with Crippen LogP contribution < -0.4 is 10.2 Å². The van der Waals surface area contributed by atoms with Gasteiger partial charge in [0, 0.05) is 35.6 Å². The van der Waals surface area contributed by atoms with Crippen LogP contribution in [0, 0.1) is 5.92 Å². The summed E-state index contributed by atoms with van der Waals surface area (Å²) in [7, 11) is 0. The quantitative estimate of drug-likeness (QED) is 0.846. The topological polar surface area (TPSA) is 45.2 Å². The summed E-state index contributed by atoms with van der Waals surface area (Å²) in [6, 6.07) is 8.08. The van der Waals surface area contributed by atoms with Crippen molar-refractivity contribution in [2.75, 3.05) is 23.3 Å². The Hall–Kier alpha value is -1.88. The van der Waals surface area contributed by atoms with E-state index in [9.17, 15) is 4.79 Å². The van der Waals surface area contributed by atoms with E-state index in [4.69, 9.17) is 4.98 Å². The molecule has 1 aromatic heterocycles. The molecule has 1 aromatic carbocycles. The van der Waals surface area contributed by atoms with Crippen molar-refractivity contribution in [1.29, 1.82) is 0 Å². The number of thiazole rings is 1. The van der Waals surface area contributed by atoms with E-state index in [0.29, 0.717) is 0 Å². The van der Waals surface area contributed by atoms with E-state index < -0.39 is 0 Å². The Labute approximate surface area is 153 Å². The Bertz CT molecular complexity index is 730. The number of rotatable bonds is 4. The molecule has 0 atom stereocenters. The molecule has 1 saturated heterocycles. The third-order valence-electron chi connectivity index (χ3n) is 5.27. The average Bonchev–Trinajstić information content (AvgIpc) is 3.34. The number of carbonyl (C=O) groups is 1. The maximum atomic E-state index is 12.5. The van der Waals surface area contributed by atoms with E-state index >= 15 is 0 Å². The molecule has 1 saturated carbocycles. The number of benzene rings is 1. The summed E-state index contributed by atoms with van der Waals surface area (Å²) in [4.78, 5) is 19.6. The number of aromatic nitrogens is 1. The highest BCUT2D eigenvalue weighted by Crippen LogP contribution is 2.31. The summed E-state index contributed by atoms with van der Waals surface area (Å²) >= 11 is 1.71. The third-order valence-corrected chi connectivity index (χ3v) is 6.17. The fourth-order valence-electron chi connectivity index (χ4n) is 3.82. The maximum absolute atomic E-state index is 12.5. The van der Waals surface area contributed by atoms with E-state index in [1.165, 1.54) is 32.1 Å². The lowest BCUT2D eigenvalue weighted by molar-refractivity contribution is -0.120. The van der Waals surface area contributed by atoms with Crippen LogP contribution in [0.3, 0.4) is 0 Å². The monoisotopic (exact) mass is 355 g/mol. The van der Waals surface area contributed by atoms with Crippen molar-refractivity contribution in [1.82, 2.24) is 4.98 Å². The molecule has 132 valence electrons. The summed E-state index contributed by atoms with van der Waals surface area (Å²) in [6.45, 7) is 2.23. The standard InChI is InChI=1S/C20H25N3OS/c24-19(15-7-2-1-3-8-15)21-17-10-6-9-16(13-17)18-14-25-20(22-18)23-11-4-5-12-23/h6,9-10,13-15H,1-5,7-8,11-12H2,(H,21,24). The SMILES string of the molecule is O=C(Nc1cccc(-c2csc(N3CCCC3)n2)c1)C1CCCCC1. The number of hydrogen-bond donors (Lipinski definition) is 1. The molecule has 0 bridgehead atoms. The Morgan fingerprint density at radius 3 is 2.72 bits per heavy atom. The van der Waals surface area contributed by atoms with Crippen LogP contribution in [0.2, 0.25) is 0 Å². The lowest BCUT2D eigenvalue weighted by atomic mass is 9.88. The Morgan fingerprint density at radius 1 is 1.12 bits per heavy atom. The first kappa shape index (κ1) is 16.6. The van der Waals surface area contributed by atoms with Crippen LogP contribution in [-0.2, 0) is 4.79 Å². The molecule has 5 heteroatoms. The summed E-state index contributed by atoms with van der Waals surface area (Å²) < 4.78 is 0. The Balaban J connectivity index is 1.46. The minimum absolute atomic E-state index is 0.174. The van der Waals surface area contributed by atoms with Gasteiger partial charge in [-0.05, 0) is 37.8 Å². The predicted molar refractivity (Wildman–Crippen MR) is 104 cm³/mol. The molecule has 2 fully saturated rings. The van der Waals surface area contributed by atoms with Crippen LogP contribution in [-0.4, -0.2) is 24.0 Å². The second-order valence-electron chi connectivity index (χ2n) is 7.11. The number of amides is 1. The zero-order valence-electron chi connectivity index (χ0n) is 14.5. The van der Waals surface area contributed by atoms with Gasteiger partial charge in [0.05, 0.1) is 5.69 Å². The molecule has 0 spiro atoms. The second-order valence-corrected chi connectivity index (χ2v) is 7.95. The molecule has 2 aromatic rings. The van der Waals surface area contributed by atoms with E-state index in [1.807, 2.05) is 18.2 Å². The van der Waals surface area contributed by atoms with Crippen molar-refractivity contribution in [3.8, 4) is 11.3 Å². The second kappa shape index (κ2) is 7.56. The summed E-state index contributed by atoms with van der Waals surface area (Å²) in [5, 5.41) is 6.35. The molecule has 1 aliphatic heterocycles. The van der Waals surface area contributed by atoms with Crippen LogP contribution in [0.15, 0.2) is 29.6 Å². The van der Waals surface area contributed by atoms with Crippen LogP contribution in [0.1, 0.15) is 44.9 Å². The van der Waals surface area contributed by atoms with Gasteiger partial charge in [-0.25, -0.2) is 4.98 Å². The fraction of sp³-hybridized carbons (Fsp3) is 0.500. The minimum atomic E-state index is 0.174. The summed E-state index contributed by atoms with van der Waals surface area (Å²) in [6.07, 6.45) is 8.19. The molecule has 1 amide bonds. The molecule has 2 aliphatic rings.